The molecule has 0 unspecified atom stereocenters. The zero-order chi connectivity index (χ0) is 5.11. The molecule has 0 saturated carbocycles. The maximum absolute atomic E-state index is 8.40. The van der Waals surface area contributed by atoms with E-state index in [9.17, 15) is 0 Å². The summed E-state index contributed by atoms with van der Waals surface area (Å²) >= 11 is 0. The maximum atomic E-state index is 8.40. The molecule has 0 aliphatic carbocycles. The van der Waals surface area contributed by atoms with Gasteiger partial charge in [0, 0.05) is 11.9 Å². The number of aromatic amines is 1. The first-order chi connectivity index (χ1) is 3.43. The molecule has 0 aliphatic heterocycles. The molecule has 0 fully saturated rings. The first kappa shape index (κ1) is 7.53. The number of rotatable bonds is 1. The van der Waals surface area contributed by atoms with E-state index in [1.165, 1.54) is 0 Å². The lowest BCUT2D eigenvalue weighted by atomic mass is 10.5. The number of hydrogen-bond acceptors (Lipinski definition) is 1. The van der Waals surface area contributed by atoms with E-state index in [-0.39, 0.29) is 19.0 Å². The molecule has 1 heterocycles. The van der Waals surface area contributed by atoms with Gasteiger partial charge in [-0.05, 0) is 12.1 Å². The topological polar surface area (TPSA) is 36.0 Å². The Kier molecular flexibility index (Phi) is 3.31. The van der Waals surface area contributed by atoms with Crippen LogP contribution >= 0.6 is 12.4 Å². The van der Waals surface area contributed by atoms with E-state index in [0.29, 0.717) is 0 Å². The van der Waals surface area contributed by atoms with Crippen LogP contribution in [0.5, 0.6) is 0 Å². The lowest BCUT2D eigenvalue weighted by Crippen LogP contribution is -1.77. The van der Waals surface area contributed by atoms with Crippen LogP contribution in [-0.4, -0.2) is 10.1 Å². The van der Waals surface area contributed by atoms with Crippen LogP contribution in [0.2, 0.25) is 0 Å². The van der Waals surface area contributed by atoms with Gasteiger partial charge >= 0.3 is 0 Å². The molecule has 0 bridgehead atoms. The van der Waals surface area contributed by atoms with Crippen molar-refractivity contribution in [3.05, 3.63) is 24.0 Å². The second kappa shape index (κ2) is 3.52. The number of aromatic nitrogens is 1. The fraction of sp³-hybridized carbons (Fsp3) is 0.200. The zero-order valence-electron chi connectivity index (χ0n) is 4.29. The summed E-state index contributed by atoms with van der Waals surface area (Å²) in [5.41, 5.74) is 0.861. The van der Waals surface area contributed by atoms with Crippen molar-refractivity contribution in [2.24, 2.45) is 0 Å². The fourth-order valence-electron chi connectivity index (χ4n) is 0.466. The molecule has 1 aromatic rings. The predicted molar refractivity (Wildman–Crippen MR) is 34.0 cm³/mol. The summed E-state index contributed by atoms with van der Waals surface area (Å²) in [6.45, 7) is 0.104. The number of H-pyrrole nitrogens is 1. The van der Waals surface area contributed by atoms with Crippen LogP contribution in [0.15, 0.2) is 18.3 Å². The van der Waals surface area contributed by atoms with Crippen LogP contribution in [0, 0.1) is 0 Å². The first-order valence-electron chi connectivity index (χ1n) is 2.16. The van der Waals surface area contributed by atoms with E-state index in [1.807, 2.05) is 12.1 Å². The Bertz CT molecular complexity index is 127. The van der Waals surface area contributed by atoms with Gasteiger partial charge in [0.1, 0.15) is 0 Å². The molecule has 0 spiro atoms. The van der Waals surface area contributed by atoms with Crippen LogP contribution in [0.4, 0.5) is 0 Å². The third-order valence-corrected chi connectivity index (χ3v) is 0.833. The standard InChI is InChI=1S/C5H7NO.ClH/c7-4-5-2-1-3-6-5;/h1-3,6-7H,4H2;1H. The highest BCUT2D eigenvalue weighted by Gasteiger charge is 1.82. The lowest BCUT2D eigenvalue weighted by Gasteiger charge is -1.81. The van der Waals surface area contributed by atoms with E-state index in [4.69, 9.17) is 5.11 Å². The summed E-state index contributed by atoms with van der Waals surface area (Å²) in [6.07, 6.45) is 1.78. The molecule has 0 saturated heterocycles. The highest BCUT2D eigenvalue weighted by molar-refractivity contribution is 5.85. The van der Waals surface area contributed by atoms with Gasteiger partial charge in [0.15, 0.2) is 0 Å². The predicted octanol–water partition coefficient (Wildman–Crippen LogP) is 0.929. The zero-order valence-corrected chi connectivity index (χ0v) is 5.11. The van der Waals surface area contributed by atoms with Crippen molar-refractivity contribution in [3.8, 4) is 0 Å². The summed E-state index contributed by atoms with van der Waals surface area (Å²) < 4.78 is 0. The van der Waals surface area contributed by atoms with E-state index >= 15 is 0 Å². The molecule has 0 aromatic carbocycles. The number of aliphatic hydroxyl groups excluding tert-OH is 1. The Hall–Kier alpha value is -0.470. The van der Waals surface area contributed by atoms with Crippen molar-refractivity contribution in [1.29, 1.82) is 0 Å². The summed E-state index contributed by atoms with van der Waals surface area (Å²) in [6, 6.07) is 3.69. The van der Waals surface area contributed by atoms with E-state index in [0.717, 1.165) is 5.69 Å². The van der Waals surface area contributed by atoms with Gasteiger partial charge in [0.05, 0.1) is 6.61 Å². The van der Waals surface area contributed by atoms with Gasteiger partial charge in [-0.2, -0.15) is 0 Å². The molecule has 8 heavy (non-hydrogen) atoms. The van der Waals surface area contributed by atoms with Gasteiger partial charge in [-0.15, -0.1) is 12.4 Å². The van der Waals surface area contributed by atoms with E-state index < -0.39 is 0 Å². The van der Waals surface area contributed by atoms with Crippen LogP contribution in [0.1, 0.15) is 5.69 Å². The Morgan fingerprint density at radius 3 is 2.62 bits per heavy atom. The van der Waals surface area contributed by atoms with Gasteiger partial charge < -0.3 is 10.1 Å². The van der Waals surface area contributed by atoms with Crippen LogP contribution < -0.4 is 0 Å². The maximum Gasteiger partial charge on any atom is 0.0830 e. The third kappa shape index (κ3) is 1.56. The molecule has 46 valence electrons. The minimum Gasteiger partial charge on any atom is -0.390 e. The van der Waals surface area contributed by atoms with E-state index in [2.05, 4.69) is 4.98 Å². The first-order valence-corrected chi connectivity index (χ1v) is 2.16. The number of nitrogens with one attached hydrogen (secondary N) is 1. The molecular weight excluding hydrogens is 126 g/mol. The Morgan fingerprint density at radius 1 is 1.62 bits per heavy atom. The third-order valence-electron chi connectivity index (χ3n) is 0.833. The number of aliphatic hydroxyl groups is 1. The molecule has 1 aromatic heterocycles. The second-order valence-electron chi connectivity index (χ2n) is 1.35. The summed E-state index contributed by atoms with van der Waals surface area (Å²) in [5.74, 6) is 0. The molecule has 0 amide bonds. The van der Waals surface area contributed by atoms with Crippen molar-refractivity contribution in [2.75, 3.05) is 0 Å². The van der Waals surface area contributed by atoms with Crippen molar-refractivity contribution in [2.45, 2.75) is 6.61 Å². The molecule has 1 rings (SSSR count). The minimum absolute atomic E-state index is 0. The highest BCUT2D eigenvalue weighted by Crippen LogP contribution is 1.90. The number of halogens is 1. The summed E-state index contributed by atoms with van der Waals surface area (Å²) in [7, 11) is 0. The average molecular weight is 134 g/mol. The van der Waals surface area contributed by atoms with Gasteiger partial charge in [0.2, 0.25) is 0 Å². The van der Waals surface area contributed by atoms with E-state index in [1.54, 1.807) is 6.20 Å². The number of hydrogen-bond donors (Lipinski definition) is 2. The molecule has 0 atom stereocenters. The van der Waals surface area contributed by atoms with Crippen molar-refractivity contribution in [3.63, 3.8) is 0 Å². The summed E-state index contributed by atoms with van der Waals surface area (Å²) in [4.78, 5) is 2.84. The fourth-order valence-corrected chi connectivity index (χ4v) is 0.466. The SMILES string of the molecule is Cl.OCc1ccc[nH]1. The minimum atomic E-state index is 0. The molecule has 0 aliphatic rings. The van der Waals surface area contributed by atoms with Gasteiger partial charge in [-0.25, -0.2) is 0 Å². The van der Waals surface area contributed by atoms with Crippen molar-refractivity contribution in [1.82, 2.24) is 4.98 Å². The molecule has 2 nitrogen and oxygen atoms in total. The quantitative estimate of drug-likeness (QED) is 0.588. The van der Waals surface area contributed by atoms with Crippen molar-refractivity contribution < 1.29 is 5.11 Å². The normalized spacial score (nSPS) is 8.12. The Balaban J connectivity index is 0.000000490. The Morgan fingerprint density at radius 2 is 2.38 bits per heavy atom. The monoisotopic (exact) mass is 133 g/mol. The molecule has 3 heteroatoms. The summed E-state index contributed by atoms with van der Waals surface area (Å²) in [5, 5.41) is 8.40. The molecule has 0 radical (unpaired) electrons. The van der Waals surface area contributed by atoms with Crippen LogP contribution in [0.3, 0.4) is 0 Å². The van der Waals surface area contributed by atoms with Crippen LogP contribution in [-0.2, 0) is 6.61 Å². The largest absolute Gasteiger partial charge is 0.390 e. The highest BCUT2D eigenvalue weighted by atomic mass is 35.5. The van der Waals surface area contributed by atoms with Crippen molar-refractivity contribution >= 4 is 12.4 Å². The smallest absolute Gasteiger partial charge is 0.0830 e. The average Bonchev–Trinajstić information content (AvgIpc) is 2.14. The van der Waals surface area contributed by atoms with Crippen LogP contribution in [0.25, 0.3) is 0 Å². The molecular formula is C5H8ClNO. The lowest BCUT2D eigenvalue weighted by molar-refractivity contribution is 0.277. The Labute approximate surface area is 54.0 Å². The van der Waals surface area contributed by atoms with Gasteiger partial charge in [0.25, 0.3) is 0 Å². The second-order valence-corrected chi connectivity index (χ2v) is 1.35. The van der Waals surface area contributed by atoms with Gasteiger partial charge in [-0.1, -0.05) is 0 Å². The van der Waals surface area contributed by atoms with Gasteiger partial charge in [-0.3, -0.25) is 0 Å². The molecule has 2 N–H and O–H groups in total.